The van der Waals surface area contributed by atoms with E-state index in [2.05, 4.69) is 0 Å². The summed E-state index contributed by atoms with van der Waals surface area (Å²) in [6.45, 7) is 1.60. The second-order valence-electron chi connectivity index (χ2n) is 4.25. The highest BCUT2D eigenvalue weighted by Crippen LogP contribution is 2.29. The molecule has 0 aliphatic heterocycles. The quantitative estimate of drug-likeness (QED) is 0.809. The van der Waals surface area contributed by atoms with Gasteiger partial charge in [-0.2, -0.15) is 0 Å². The molecule has 0 saturated carbocycles. The lowest BCUT2D eigenvalue weighted by atomic mass is 9.92. The van der Waals surface area contributed by atoms with Crippen LogP contribution in [-0.2, 0) is 4.79 Å². The molecule has 1 heterocycles. The minimum Gasteiger partial charge on any atom is -0.497 e. The topological polar surface area (TPSA) is 39.4 Å². The zero-order valence-electron chi connectivity index (χ0n) is 10.6. The van der Waals surface area contributed by atoms with Crippen molar-refractivity contribution in [3.8, 4) is 5.75 Å². The molecule has 1 unspecified atom stereocenters. The molecule has 0 saturated heterocycles. The van der Waals surface area contributed by atoms with E-state index in [4.69, 9.17) is 9.15 Å². The molecule has 1 aromatic heterocycles. The number of carbonyl (C=O) groups is 1. The van der Waals surface area contributed by atoms with E-state index in [9.17, 15) is 4.79 Å². The first kappa shape index (κ1) is 12.4. The highest BCUT2D eigenvalue weighted by Gasteiger charge is 2.18. The summed E-state index contributed by atoms with van der Waals surface area (Å²) in [7, 11) is 1.63. The Kier molecular flexibility index (Phi) is 3.82. The van der Waals surface area contributed by atoms with Crippen LogP contribution in [0, 0.1) is 0 Å². The number of hydrogen-bond acceptors (Lipinski definition) is 3. The number of methoxy groups -OCH3 is 1. The number of ether oxygens (including phenoxy) is 1. The molecule has 1 atom stereocenters. The second kappa shape index (κ2) is 5.54. The zero-order chi connectivity index (χ0) is 13.0. The monoisotopic (exact) mass is 244 g/mol. The molecule has 0 aliphatic rings. The molecule has 0 radical (unpaired) electrons. The van der Waals surface area contributed by atoms with Gasteiger partial charge in [0.05, 0.1) is 13.4 Å². The van der Waals surface area contributed by atoms with Crippen molar-refractivity contribution >= 4 is 5.78 Å². The van der Waals surface area contributed by atoms with Gasteiger partial charge in [0.2, 0.25) is 0 Å². The summed E-state index contributed by atoms with van der Waals surface area (Å²) < 4.78 is 10.6. The van der Waals surface area contributed by atoms with Crippen molar-refractivity contribution < 1.29 is 13.9 Å². The molecule has 18 heavy (non-hydrogen) atoms. The molecule has 2 rings (SSSR count). The fourth-order valence-electron chi connectivity index (χ4n) is 2.00. The van der Waals surface area contributed by atoms with Gasteiger partial charge in [-0.3, -0.25) is 4.79 Å². The first-order chi connectivity index (χ1) is 8.70. The van der Waals surface area contributed by atoms with Crippen LogP contribution in [0.3, 0.4) is 0 Å². The number of Topliss-reactive ketones (excluding diaryl/α,β-unsaturated/α-hetero) is 1. The van der Waals surface area contributed by atoms with Crippen LogP contribution in [0.2, 0.25) is 0 Å². The van der Waals surface area contributed by atoms with Gasteiger partial charge < -0.3 is 9.15 Å². The maximum atomic E-state index is 11.4. The minimum atomic E-state index is -0.0246. The number of carbonyl (C=O) groups excluding carboxylic acids is 1. The van der Waals surface area contributed by atoms with Gasteiger partial charge in [-0.25, -0.2) is 0 Å². The standard InChI is InChI=1S/C15H16O3/c1-11(16)10-14(15-4-3-9-18-15)12-5-7-13(17-2)8-6-12/h3-9,14H,10H2,1-2H3. The molecule has 0 amide bonds. The summed E-state index contributed by atoms with van der Waals surface area (Å²) >= 11 is 0. The van der Waals surface area contributed by atoms with Gasteiger partial charge in [0.1, 0.15) is 17.3 Å². The summed E-state index contributed by atoms with van der Waals surface area (Å²) in [5, 5.41) is 0. The molecule has 1 aromatic carbocycles. The van der Waals surface area contributed by atoms with Crippen LogP contribution in [0.15, 0.2) is 47.1 Å². The van der Waals surface area contributed by atoms with E-state index in [0.29, 0.717) is 6.42 Å². The van der Waals surface area contributed by atoms with Crippen LogP contribution < -0.4 is 4.74 Å². The van der Waals surface area contributed by atoms with E-state index in [1.807, 2.05) is 36.4 Å². The summed E-state index contributed by atoms with van der Waals surface area (Å²) in [6.07, 6.45) is 2.08. The lowest BCUT2D eigenvalue weighted by molar-refractivity contribution is -0.117. The Morgan fingerprint density at radius 3 is 2.50 bits per heavy atom. The van der Waals surface area contributed by atoms with Gasteiger partial charge in [-0.05, 0) is 36.8 Å². The van der Waals surface area contributed by atoms with Crippen molar-refractivity contribution in [2.75, 3.05) is 7.11 Å². The Bertz CT molecular complexity index is 497. The summed E-state index contributed by atoms with van der Waals surface area (Å²) in [5.41, 5.74) is 1.06. The molecular weight excluding hydrogens is 228 g/mol. The number of rotatable bonds is 5. The number of hydrogen-bond donors (Lipinski definition) is 0. The lowest BCUT2D eigenvalue weighted by Gasteiger charge is -2.14. The Morgan fingerprint density at radius 2 is 2.00 bits per heavy atom. The van der Waals surface area contributed by atoms with Crippen LogP contribution in [0.25, 0.3) is 0 Å². The average Bonchev–Trinajstić information content (AvgIpc) is 2.89. The third-order valence-electron chi connectivity index (χ3n) is 2.90. The Labute approximate surface area is 106 Å². The van der Waals surface area contributed by atoms with Gasteiger partial charge in [-0.15, -0.1) is 0 Å². The van der Waals surface area contributed by atoms with Crippen molar-refractivity contribution in [3.05, 3.63) is 54.0 Å². The minimum absolute atomic E-state index is 0.0246. The molecule has 0 bridgehead atoms. The van der Waals surface area contributed by atoms with Crippen molar-refractivity contribution in [2.24, 2.45) is 0 Å². The predicted molar refractivity (Wildman–Crippen MR) is 68.8 cm³/mol. The Hall–Kier alpha value is -2.03. The van der Waals surface area contributed by atoms with Crippen molar-refractivity contribution in [3.63, 3.8) is 0 Å². The summed E-state index contributed by atoms with van der Waals surface area (Å²) in [6, 6.07) is 11.5. The third kappa shape index (κ3) is 2.80. The van der Waals surface area contributed by atoms with Crippen LogP contribution in [0.1, 0.15) is 30.6 Å². The highest BCUT2D eigenvalue weighted by molar-refractivity contribution is 5.77. The molecule has 0 N–H and O–H groups in total. The molecule has 94 valence electrons. The molecule has 0 spiro atoms. The van der Waals surface area contributed by atoms with Gasteiger partial charge in [0.15, 0.2) is 0 Å². The average molecular weight is 244 g/mol. The SMILES string of the molecule is COc1ccc(C(CC(C)=O)c2ccco2)cc1. The van der Waals surface area contributed by atoms with Crippen LogP contribution in [0.4, 0.5) is 0 Å². The second-order valence-corrected chi connectivity index (χ2v) is 4.25. The van der Waals surface area contributed by atoms with E-state index in [1.165, 1.54) is 0 Å². The lowest BCUT2D eigenvalue weighted by Crippen LogP contribution is -2.05. The molecule has 0 aliphatic carbocycles. The highest BCUT2D eigenvalue weighted by atomic mass is 16.5. The summed E-state index contributed by atoms with van der Waals surface area (Å²) in [4.78, 5) is 11.4. The first-order valence-electron chi connectivity index (χ1n) is 5.87. The molecule has 3 nitrogen and oxygen atoms in total. The number of furan rings is 1. The van der Waals surface area contributed by atoms with Gasteiger partial charge in [-0.1, -0.05) is 12.1 Å². The van der Waals surface area contributed by atoms with Crippen LogP contribution in [0.5, 0.6) is 5.75 Å². The van der Waals surface area contributed by atoms with E-state index in [-0.39, 0.29) is 11.7 Å². The smallest absolute Gasteiger partial charge is 0.130 e. The maximum Gasteiger partial charge on any atom is 0.130 e. The van der Waals surface area contributed by atoms with Crippen molar-refractivity contribution in [1.29, 1.82) is 0 Å². The zero-order valence-corrected chi connectivity index (χ0v) is 10.6. The Balaban J connectivity index is 2.30. The van der Waals surface area contributed by atoms with Crippen molar-refractivity contribution in [1.82, 2.24) is 0 Å². The number of ketones is 1. The maximum absolute atomic E-state index is 11.4. The van der Waals surface area contributed by atoms with Crippen molar-refractivity contribution in [2.45, 2.75) is 19.3 Å². The van der Waals surface area contributed by atoms with Gasteiger partial charge in [0, 0.05) is 12.3 Å². The molecule has 0 fully saturated rings. The van der Waals surface area contributed by atoms with Crippen LogP contribution in [-0.4, -0.2) is 12.9 Å². The van der Waals surface area contributed by atoms with E-state index < -0.39 is 0 Å². The molecular formula is C15H16O3. The fraction of sp³-hybridized carbons (Fsp3) is 0.267. The summed E-state index contributed by atoms with van der Waals surface area (Å²) in [5.74, 6) is 1.74. The third-order valence-corrected chi connectivity index (χ3v) is 2.90. The fourth-order valence-corrected chi connectivity index (χ4v) is 2.00. The predicted octanol–water partition coefficient (Wildman–Crippen LogP) is 3.40. The molecule has 3 heteroatoms. The first-order valence-corrected chi connectivity index (χ1v) is 5.87. The van der Waals surface area contributed by atoms with E-state index in [1.54, 1.807) is 20.3 Å². The van der Waals surface area contributed by atoms with Gasteiger partial charge in [0.25, 0.3) is 0 Å². The van der Waals surface area contributed by atoms with E-state index >= 15 is 0 Å². The largest absolute Gasteiger partial charge is 0.497 e. The Morgan fingerprint density at radius 1 is 1.28 bits per heavy atom. The molecule has 2 aromatic rings. The van der Waals surface area contributed by atoms with Gasteiger partial charge >= 0.3 is 0 Å². The normalized spacial score (nSPS) is 12.1. The van der Waals surface area contributed by atoms with E-state index in [0.717, 1.165) is 17.1 Å². The van der Waals surface area contributed by atoms with Crippen LogP contribution >= 0.6 is 0 Å². The number of benzene rings is 1.